The lowest BCUT2D eigenvalue weighted by Gasteiger charge is -2.10. The van der Waals surface area contributed by atoms with Crippen molar-refractivity contribution < 1.29 is 9.84 Å². The summed E-state index contributed by atoms with van der Waals surface area (Å²) >= 11 is 0. The Balaban J connectivity index is 3.03. The number of ether oxygens (including phenoxy) is 1. The number of para-hydroxylation sites is 1. The monoisotopic (exact) mass is 205 g/mol. The van der Waals surface area contributed by atoms with E-state index >= 15 is 0 Å². The van der Waals surface area contributed by atoms with Gasteiger partial charge in [0, 0.05) is 18.5 Å². The van der Waals surface area contributed by atoms with Gasteiger partial charge in [-0.2, -0.15) is 0 Å². The van der Waals surface area contributed by atoms with Crippen molar-refractivity contribution in [1.29, 1.82) is 0 Å². The summed E-state index contributed by atoms with van der Waals surface area (Å²) in [5, 5.41) is 10.2. The molecule has 0 amide bonds. The molecule has 0 aliphatic rings. The van der Waals surface area contributed by atoms with E-state index in [1.54, 1.807) is 25.2 Å². The van der Waals surface area contributed by atoms with Crippen LogP contribution in [-0.4, -0.2) is 16.8 Å². The van der Waals surface area contributed by atoms with E-state index in [-0.39, 0.29) is 11.3 Å². The van der Waals surface area contributed by atoms with Crippen LogP contribution in [0.1, 0.15) is 0 Å². The Labute approximate surface area is 86.3 Å². The van der Waals surface area contributed by atoms with E-state index in [0.717, 1.165) is 0 Å². The minimum atomic E-state index is -0.260. The van der Waals surface area contributed by atoms with Gasteiger partial charge in [0.2, 0.25) is 0 Å². The fourth-order valence-corrected chi connectivity index (χ4v) is 1.64. The molecule has 0 radical (unpaired) electrons. The number of fused-ring (bicyclic) bond motifs is 1. The highest BCUT2D eigenvalue weighted by Crippen LogP contribution is 2.28. The Kier molecular flexibility index (Phi) is 2.11. The van der Waals surface area contributed by atoms with Gasteiger partial charge in [0.25, 0.3) is 5.56 Å². The summed E-state index contributed by atoms with van der Waals surface area (Å²) in [5.74, 6) is 0.551. The van der Waals surface area contributed by atoms with Crippen LogP contribution in [0, 0.1) is 0 Å². The Bertz CT molecular complexity index is 572. The number of methoxy groups -OCH3 is 1. The second-order valence-corrected chi connectivity index (χ2v) is 3.28. The van der Waals surface area contributed by atoms with Crippen molar-refractivity contribution in [3.63, 3.8) is 0 Å². The number of aromatic hydroxyl groups is 1. The molecule has 0 spiro atoms. The largest absolute Gasteiger partial charge is 0.507 e. The third kappa shape index (κ3) is 1.34. The van der Waals surface area contributed by atoms with Gasteiger partial charge in [-0.15, -0.1) is 0 Å². The molecule has 1 N–H and O–H groups in total. The summed E-state index contributed by atoms with van der Waals surface area (Å²) in [6, 6.07) is 6.46. The average Bonchev–Trinajstić information content (AvgIpc) is 2.25. The maximum absolute atomic E-state index is 11.5. The zero-order valence-electron chi connectivity index (χ0n) is 8.52. The number of hydrogen-bond acceptors (Lipinski definition) is 3. The second kappa shape index (κ2) is 3.31. The molecule has 0 unspecified atom stereocenters. The third-order valence-corrected chi connectivity index (χ3v) is 2.42. The van der Waals surface area contributed by atoms with Gasteiger partial charge >= 0.3 is 0 Å². The molecule has 0 bridgehead atoms. The molecule has 1 aromatic carbocycles. The molecule has 0 saturated heterocycles. The van der Waals surface area contributed by atoms with E-state index in [1.165, 1.54) is 17.7 Å². The normalized spacial score (nSPS) is 10.5. The Hall–Kier alpha value is -1.97. The molecule has 2 aromatic rings. The fourth-order valence-electron chi connectivity index (χ4n) is 1.64. The SMILES string of the molecule is COc1cccc2c(O)cc(=O)n(C)c12. The molecule has 0 atom stereocenters. The van der Waals surface area contributed by atoms with Gasteiger partial charge in [0.1, 0.15) is 11.5 Å². The molecule has 0 aliphatic heterocycles. The first-order valence-electron chi connectivity index (χ1n) is 4.51. The van der Waals surface area contributed by atoms with E-state index in [0.29, 0.717) is 16.7 Å². The molecule has 1 heterocycles. The number of hydrogen-bond donors (Lipinski definition) is 1. The molecular weight excluding hydrogens is 194 g/mol. The zero-order chi connectivity index (χ0) is 11.0. The maximum atomic E-state index is 11.5. The number of aryl methyl sites for hydroxylation is 1. The summed E-state index contributed by atoms with van der Waals surface area (Å²) < 4.78 is 6.60. The summed E-state index contributed by atoms with van der Waals surface area (Å²) in [5.41, 5.74) is 0.342. The predicted molar refractivity (Wildman–Crippen MR) is 57.4 cm³/mol. The maximum Gasteiger partial charge on any atom is 0.254 e. The standard InChI is InChI=1S/C11H11NO3/c1-12-10(14)6-8(13)7-4-3-5-9(15-2)11(7)12/h3-6,13H,1-2H3. The first-order valence-corrected chi connectivity index (χ1v) is 4.51. The van der Waals surface area contributed by atoms with Crippen LogP contribution in [-0.2, 0) is 7.05 Å². The van der Waals surface area contributed by atoms with Crippen LogP contribution in [0.4, 0.5) is 0 Å². The molecular formula is C11H11NO3. The van der Waals surface area contributed by atoms with Crippen molar-refractivity contribution in [2.24, 2.45) is 7.05 Å². The van der Waals surface area contributed by atoms with E-state index in [2.05, 4.69) is 0 Å². The van der Waals surface area contributed by atoms with Crippen LogP contribution in [0.3, 0.4) is 0 Å². The zero-order valence-corrected chi connectivity index (χ0v) is 8.52. The third-order valence-electron chi connectivity index (χ3n) is 2.42. The van der Waals surface area contributed by atoms with Crippen molar-refractivity contribution in [2.75, 3.05) is 7.11 Å². The van der Waals surface area contributed by atoms with Crippen molar-refractivity contribution in [2.45, 2.75) is 0 Å². The van der Waals surface area contributed by atoms with Crippen LogP contribution in [0.25, 0.3) is 10.9 Å². The van der Waals surface area contributed by atoms with E-state index in [4.69, 9.17) is 4.74 Å². The first-order chi connectivity index (χ1) is 7.15. The molecule has 1 aromatic heterocycles. The Morgan fingerprint density at radius 2 is 2.13 bits per heavy atom. The molecule has 0 fully saturated rings. The number of pyridine rings is 1. The van der Waals surface area contributed by atoms with Gasteiger partial charge in [-0.1, -0.05) is 6.07 Å². The van der Waals surface area contributed by atoms with Crippen molar-refractivity contribution in [1.82, 2.24) is 4.57 Å². The van der Waals surface area contributed by atoms with Gasteiger partial charge in [0.05, 0.1) is 12.6 Å². The highest BCUT2D eigenvalue weighted by molar-refractivity contribution is 5.89. The van der Waals surface area contributed by atoms with Crippen LogP contribution < -0.4 is 10.3 Å². The van der Waals surface area contributed by atoms with Gasteiger partial charge in [0.15, 0.2) is 0 Å². The van der Waals surface area contributed by atoms with Crippen LogP contribution in [0.15, 0.2) is 29.1 Å². The van der Waals surface area contributed by atoms with E-state index in [9.17, 15) is 9.90 Å². The number of aromatic nitrogens is 1. The summed E-state index contributed by atoms with van der Waals surface area (Å²) in [4.78, 5) is 11.5. The highest BCUT2D eigenvalue weighted by atomic mass is 16.5. The summed E-state index contributed by atoms with van der Waals surface area (Å²) in [6.07, 6.45) is 0. The van der Waals surface area contributed by atoms with Gasteiger partial charge in [-0.25, -0.2) is 0 Å². The topological polar surface area (TPSA) is 51.5 Å². The quantitative estimate of drug-likeness (QED) is 0.762. The molecule has 0 saturated carbocycles. The summed E-state index contributed by atoms with van der Waals surface area (Å²) in [7, 11) is 3.18. The van der Waals surface area contributed by atoms with Crippen molar-refractivity contribution in [3.05, 3.63) is 34.6 Å². The number of nitrogens with zero attached hydrogens (tertiary/aromatic N) is 1. The molecule has 2 rings (SSSR count). The van der Waals surface area contributed by atoms with E-state index < -0.39 is 0 Å². The smallest absolute Gasteiger partial charge is 0.254 e. The molecule has 0 aliphatic carbocycles. The lowest BCUT2D eigenvalue weighted by molar-refractivity contribution is 0.417. The average molecular weight is 205 g/mol. The minimum Gasteiger partial charge on any atom is -0.507 e. The first kappa shape index (κ1) is 9.58. The number of rotatable bonds is 1. The second-order valence-electron chi connectivity index (χ2n) is 3.28. The van der Waals surface area contributed by atoms with Gasteiger partial charge < -0.3 is 14.4 Å². The summed E-state index contributed by atoms with van der Waals surface area (Å²) in [6.45, 7) is 0. The van der Waals surface area contributed by atoms with Gasteiger partial charge in [-0.05, 0) is 12.1 Å². The Morgan fingerprint density at radius 3 is 2.80 bits per heavy atom. The van der Waals surface area contributed by atoms with Crippen molar-refractivity contribution >= 4 is 10.9 Å². The van der Waals surface area contributed by atoms with E-state index in [1.807, 2.05) is 0 Å². The van der Waals surface area contributed by atoms with Gasteiger partial charge in [-0.3, -0.25) is 4.79 Å². The highest BCUT2D eigenvalue weighted by Gasteiger charge is 2.09. The fraction of sp³-hybridized carbons (Fsp3) is 0.182. The van der Waals surface area contributed by atoms with Crippen LogP contribution in [0.5, 0.6) is 11.5 Å². The molecule has 4 nitrogen and oxygen atoms in total. The number of benzene rings is 1. The molecule has 15 heavy (non-hydrogen) atoms. The predicted octanol–water partition coefficient (Wildman–Crippen LogP) is 1.25. The lowest BCUT2D eigenvalue weighted by atomic mass is 10.2. The molecule has 78 valence electrons. The Morgan fingerprint density at radius 1 is 1.40 bits per heavy atom. The lowest BCUT2D eigenvalue weighted by Crippen LogP contribution is -2.15. The minimum absolute atomic E-state index is 0.0213. The van der Waals surface area contributed by atoms with Crippen LogP contribution >= 0.6 is 0 Å². The van der Waals surface area contributed by atoms with Crippen LogP contribution in [0.2, 0.25) is 0 Å². The molecule has 4 heteroatoms. The van der Waals surface area contributed by atoms with Crippen molar-refractivity contribution in [3.8, 4) is 11.5 Å².